The first-order valence-corrected chi connectivity index (χ1v) is 7.07. The number of aromatic hydroxyl groups is 1. The Kier molecular flexibility index (Phi) is 3.89. The van der Waals surface area contributed by atoms with Crippen molar-refractivity contribution in [2.24, 2.45) is 0 Å². The number of phenolic OH excluding ortho intramolecular Hbond substituents is 1. The van der Waals surface area contributed by atoms with Gasteiger partial charge in [-0.2, -0.15) is 0 Å². The second kappa shape index (κ2) is 6.00. The summed E-state index contributed by atoms with van der Waals surface area (Å²) in [4.78, 5) is 25.6. The number of rotatable bonds is 5. The van der Waals surface area contributed by atoms with Gasteiger partial charge in [0.2, 0.25) is 0 Å². The Morgan fingerprint density at radius 1 is 1.00 bits per heavy atom. The van der Waals surface area contributed by atoms with Crippen molar-refractivity contribution >= 4 is 11.8 Å². The van der Waals surface area contributed by atoms with Gasteiger partial charge in [0.15, 0.2) is 11.5 Å². The molecule has 0 atom stereocenters. The molecule has 0 radical (unpaired) electrons. The van der Waals surface area contributed by atoms with E-state index in [2.05, 4.69) is 0 Å². The first-order chi connectivity index (χ1) is 11.1. The van der Waals surface area contributed by atoms with E-state index in [0.717, 1.165) is 4.90 Å². The molecular weight excluding hydrogens is 298 g/mol. The van der Waals surface area contributed by atoms with E-state index in [1.54, 1.807) is 30.3 Å². The fourth-order valence-electron chi connectivity index (χ4n) is 2.46. The molecule has 2 amide bonds. The van der Waals surface area contributed by atoms with Gasteiger partial charge in [-0.25, -0.2) is 0 Å². The van der Waals surface area contributed by atoms with Gasteiger partial charge in [0.1, 0.15) is 12.4 Å². The number of hydrogen-bond donors (Lipinski definition) is 1. The van der Waals surface area contributed by atoms with Crippen LogP contribution < -0.4 is 9.47 Å². The zero-order valence-electron chi connectivity index (χ0n) is 12.5. The van der Waals surface area contributed by atoms with Crippen molar-refractivity contribution in [3.63, 3.8) is 0 Å². The second-order valence-corrected chi connectivity index (χ2v) is 4.99. The summed E-state index contributed by atoms with van der Waals surface area (Å²) in [5, 5.41) is 9.40. The lowest BCUT2D eigenvalue weighted by Crippen LogP contribution is -2.33. The molecule has 0 fully saturated rings. The summed E-state index contributed by atoms with van der Waals surface area (Å²) in [6, 6.07) is 11.2. The van der Waals surface area contributed by atoms with Crippen LogP contribution in [-0.4, -0.2) is 42.1 Å². The predicted molar refractivity (Wildman–Crippen MR) is 82.0 cm³/mol. The average Bonchev–Trinajstić information content (AvgIpc) is 2.81. The number of carbonyl (C=O) groups excluding carboxylic acids is 2. The number of methoxy groups -OCH3 is 1. The lowest BCUT2D eigenvalue weighted by atomic mass is 10.1. The molecular formula is C17H15NO5. The minimum absolute atomic E-state index is 0.0644. The quantitative estimate of drug-likeness (QED) is 0.855. The van der Waals surface area contributed by atoms with Crippen LogP contribution in [0.2, 0.25) is 0 Å². The number of imide groups is 1. The molecule has 0 saturated carbocycles. The van der Waals surface area contributed by atoms with Gasteiger partial charge in [-0.05, 0) is 24.3 Å². The molecule has 6 heteroatoms. The van der Waals surface area contributed by atoms with Crippen molar-refractivity contribution in [2.75, 3.05) is 20.3 Å². The largest absolute Gasteiger partial charge is 0.508 e. The summed E-state index contributed by atoms with van der Waals surface area (Å²) in [5.74, 6) is 0.252. The van der Waals surface area contributed by atoms with Crippen molar-refractivity contribution in [1.29, 1.82) is 0 Å². The first kappa shape index (κ1) is 14.9. The molecule has 0 bridgehead atoms. The van der Waals surface area contributed by atoms with E-state index < -0.39 is 0 Å². The van der Waals surface area contributed by atoms with Gasteiger partial charge in [0.05, 0.1) is 24.8 Å². The molecule has 6 nitrogen and oxygen atoms in total. The number of phenols is 1. The van der Waals surface area contributed by atoms with Crippen LogP contribution in [0.1, 0.15) is 20.7 Å². The molecule has 1 heterocycles. The van der Waals surface area contributed by atoms with Crippen LogP contribution in [0.4, 0.5) is 0 Å². The normalized spacial score (nSPS) is 13.2. The van der Waals surface area contributed by atoms with Gasteiger partial charge in [-0.3, -0.25) is 14.5 Å². The number of hydrogen-bond acceptors (Lipinski definition) is 5. The SMILES string of the molecule is COc1cc(O)ccc1OCCN1C(=O)c2ccccc2C1=O. The molecule has 1 aliphatic rings. The van der Waals surface area contributed by atoms with Crippen molar-refractivity contribution in [3.05, 3.63) is 53.6 Å². The molecule has 0 spiro atoms. The highest BCUT2D eigenvalue weighted by molar-refractivity contribution is 6.21. The average molecular weight is 313 g/mol. The van der Waals surface area contributed by atoms with E-state index in [-0.39, 0.29) is 30.7 Å². The molecule has 0 aromatic heterocycles. The number of ether oxygens (including phenoxy) is 2. The summed E-state index contributed by atoms with van der Waals surface area (Å²) in [5.41, 5.74) is 0.833. The number of benzene rings is 2. The molecule has 3 rings (SSSR count). The Bertz CT molecular complexity index is 736. The van der Waals surface area contributed by atoms with Crippen LogP contribution in [0.5, 0.6) is 17.2 Å². The maximum Gasteiger partial charge on any atom is 0.261 e. The number of fused-ring (bicyclic) bond motifs is 1. The van der Waals surface area contributed by atoms with E-state index in [9.17, 15) is 14.7 Å². The fourth-order valence-corrected chi connectivity index (χ4v) is 2.46. The van der Waals surface area contributed by atoms with Crippen molar-refractivity contribution in [2.45, 2.75) is 0 Å². The summed E-state index contributed by atoms with van der Waals surface area (Å²) in [6.07, 6.45) is 0. The van der Waals surface area contributed by atoms with Crippen LogP contribution in [0.15, 0.2) is 42.5 Å². The van der Waals surface area contributed by atoms with Crippen LogP contribution in [-0.2, 0) is 0 Å². The second-order valence-electron chi connectivity index (χ2n) is 4.99. The first-order valence-electron chi connectivity index (χ1n) is 7.07. The van der Waals surface area contributed by atoms with Crippen molar-refractivity contribution < 1.29 is 24.2 Å². The summed E-state index contributed by atoms with van der Waals surface area (Å²) in [6.45, 7) is 0.267. The number of nitrogens with zero attached hydrogens (tertiary/aromatic N) is 1. The van der Waals surface area contributed by atoms with Crippen molar-refractivity contribution in [1.82, 2.24) is 4.90 Å². The monoisotopic (exact) mass is 313 g/mol. The Morgan fingerprint density at radius 3 is 2.26 bits per heavy atom. The smallest absolute Gasteiger partial charge is 0.261 e. The van der Waals surface area contributed by atoms with E-state index >= 15 is 0 Å². The van der Waals surface area contributed by atoms with Crippen LogP contribution in [0.25, 0.3) is 0 Å². The van der Waals surface area contributed by atoms with Gasteiger partial charge in [-0.1, -0.05) is 12.1 Å². The molecule has 2 aromatic carbocycles. The fraction of sp³-hybridized carbons (Fsp3) is 0.176. The lowest BCUT2D eigenvalue weighted by molar-refractivity contribution is 0.0631. The number of carbonyl (C=O) groups is 2. The minimum Gasteiger partial charge on any atom is -0.508 e. The van der Waals surface area contributed by atoms with Gasteiger partial charge in [-0.15, -0.1) is 0 Å². The zero-order chi connectivity index (χ0) is 16.4. The number of amides is 2. The third-order valence-electron chi connectivity index (χ3n) is 3.60. The highest BCUT2D eigenvalue weighted by Crippen LogP contribution is 2.30. The minimum atomic E-state index is -0.313. The Balaban J connectivity index is 1.66. The van der Waals surface area contributed by atoms with Crippen LogP contribution in [0.3, 0.4) is 0 Å². The highest BCUT2D eigenvalue weighted by Gasteiger charge is 2.34. The van der Waals surface area contributed by atoms with E-state index in [1.165, 1.54) is 19.2 Å². The molecule has 0 unspecified atom stereocenters. The molecule has 1 N–H and O–H groups in total. The van der Waals surface area contributed by atoms with E-state index in [4.69, 9.17) is 9.47 Å². The third-order valence-corrected chi connectivity index (χ3v) is 3.60. The van der Waals surface area contributed by atoms with Gasteiger partial charge >= 0.3 is 0 Å². The standard InChI is InChI=1S/C17H15NO5/c1-22-15-10-11(19)6-7-14(15)23-9-8-18-16(20)12-4-2-3-5-13(12)17(18)21/h2-7,10,19H,8-9H2,1H3. The summed E-state index contributed by atoms with van der Waals surface area (Å²) < 4.78 is 10.7. The maximum atomic E-state index is 12.2. The Labute approximate surface area is 132 Å². The third kappa shape index (κ3) is 2.70. The molecule has 118 valence electrons. The van der Waals surface area contributed by atoms with Gasteiger partial charge < -0.3 is 14.6 Å². The van der Waals surface area contributed by atoms with Crippen LogP contribution in [0, 0.1) is 0 Å². The molecule has 1 aliphatic heterocycles. The van der Waals surface area contributed by atoms with Gasteiger partial charge in [0, 0.05) is 6.07 Å². The van der Waals surface area contributed by atoms with E-state index in [0.29, 0.717) is 22.6 Å². The molecule has 23 heavy (non-hydrogen) atoms. The maximum absolute atomic E-state index is 12.2. The van der Waals surface area contributed by atoms with Crippen molar-refractivity contribution in [3.8, 4) is 17.2 Å². The summed E-state index contributed by atoms with van der Waals surface area (Å²) >= 11 is 0. The topological polar surface area (TPSA) is 76.1 Å². The van der Waals surface area contributed by atoms with Gasteiger partial charge in [0.25, 0.3) is 11.8 Å². The Hall–Kier alpha value is -3.02. The molecule has 0 saturated heterocycles. The van der Waals surface area contributed by atoms with E-state index in [1.807, 2.05) is 0 Å². The Morgan fingerprint density at radius 2 is 1.65 bits per heavy atom. The summed E-state index contributed by atoms with van der Waals surface area (Å²) in [7, 11) is 1.46. The zero-order valence-corrected chi connectivity index (χ0v) is 12.5. The molecule has 0 aliphatic carbocycles. The lowest BCUT2D eigenvalue weighted by Gasteiger charge is -2.15. The molecule has 2 aromatic rings. The predicted octanol–water partition coefficient (Wildman–Crippen LogP) is 2.08. The highest BCUT2D eigenvalue weighted by atomic mass is 16.5. The van der Waals surface area contributed by atoms with Crippen LogP contribution >= 0.6 is 0 Å².